The molecule has 1 atom stereocenters. The molecule has 1 saturated heterocycles. The lowest BCUT2D eigenvalue weighted by Crippen LogP contribution is -2.36. The van der Waals surface area contributed by atoms with Crippen molar-refractivity contribution in [2.75, 3.05) is 18.0 Å². The van der Waals surface area contributed by atoms with E-state index in [1.54, 1.807) is 6.07 Å². The van der Waals surface area contributed by atoms with Crippen molar-refractivity contribution in [3.05, 3.63) is 41.2 Å². The number of anilines is 1. The van der Waals surface area contributed by atoms with Gasteiger partial charge in [-0.05, 0) is 37.8 Å². The molecular weight excluding hydrogens is 317 g/mol. The first-order valence-electron chi connectivity index (χ1n) is 9.13. The second kappa shape index (κ2) is 6.83. The summed E-state index contributed by atoms with van der Waals surface area (Å²) >= 11 is 0. The Labute approximate surface area is 147 Å². The zero-order chi connectivity index (χ0) is 17.2. The van der Waals surface area contributed by atoms with Gasteiger partial charge in [0.2, 0.25) is 0 Å². The number of aromatic nitrogens is 3. The van der Waals surface area contributed by atoms with E-state index in [2.05, 4.69) is 19.7 Å². The fourth-order valence-electron chi connectivity index (χ4n) is 4.10. The van der Waals surface area contributed by atoms with Gasteiger partial charge in [-0.1, -0.05) is 12.5 Å². The Balaban J connectivity index is 1.62. The van der Waals surface area contributed by atoms with Crippen LogP contribution in [-0.2, 0) is 13.0 Å². The van der Waals surface area contributed by atoms with Crippen LogP contribution < -0.4 is 4.90 Å². The lowest BCUT2D eigenvalue weighted by atomic mass is 9.96. The molecule has 25 heavy (non-hydrogen) atoms. The molecule has 0 spiro atoms. The molecule has 0 radical (unpaired) electrons. The van der Waals surface area contributed by atoms with Crippen molar-refractivity contribution < 1.29 is 4.39 Å². The molecule has 3 heterocycles. The third-order valence-corrected chi connectivity index (χ3v) is 5.37. The van der Waals surface area contributed by atoms with Gasteiger partial charge in [0.05, 0.1) is 5.69 Å². The lowest BCUT2D eigenvalue weighted by molar-refractivity contribution is 0.465. The minimum absolute atomic E-state index is 0.142. The predicted molar refractivity (Wildman–Crippen MR) is 92.9 cm³/mol. The van der Waals surface area contributed by atoms with Crippen molar-refractivity contribution in [3.8, 4) is 6.07 Å². The molecule has 0 amide bonds. The molecule has 0 aliphatic carbocycles. The molecule has 0 N–H and O–H groups in total. The highest BCUT2D eigenvalue weighted by Crippen LogP contribution is 2.32. The van der Waals surface area contributed by atoms with Crippen molar-refractivity contribution in [1.82, 2.24) is 14.8 Å². The Morgan fingerprint density at radius 3 is 2.92 bits per heavy atom. The van der Waals surface area contributed by atoms with Gasteiger partial charge in [0.15, 0.2) is 0 Å². The van der Waals surface area contributed by atoms with Crippen molar-refractivity contribution >= 4 is 5.69 Å². The Morgan fingerprint density at radius 2 is 2.04 bits per heavy atom. The number of piperidine rings is 1. The molecule has 2 aliphatic rings. The van der Waals surface area contributed by atoms with E-state index in [0.717, 1.165) is 50.5 Å². The summed E-state index contributed by atoms with van der Waals surface area (Å²) in [7, 11) is 0. The maximum atomic E-state index is 14.0. The molecule has 1 aromatic heterocycles. The lowest BCUT2D eigenvalue weighted by Gasteiger charge is -2.34. The number of aryl methyl sites for hydroxylation is 1. The third-order valence-electron chi connectivity index (χ3n) is 5.37. The van der Waals surface area contributed by atoms with Crippen LogP contribution in [0.25, 0.3) is 0 Å². The average Bonchev–Trinajstić information content (AvgIpc) is 2.90. The van der Waals surface area contributed by atoms with Crippen molar-refractivity contribution in [3.63, 3.8) is 0 Å². The van der Waals surface area contributed by atoms with Gasteiger partial charge in [-0.2, -0.15) is 5.26 Å². The Kier molecular flexibility index (Phi) is 4.39. The maximum absolute atomic E-state index is 14.0. The van der Waals surface area contributed by atoms with Crippen LogP contribution in [0.4, 0.5) is 10.1 Å². The first-order chi connectivity index (χ1) is 12.3. The molecule has 130 valence electrons. The smallest absolute Gasteiger partial charge is 0.143 e. The van der Waals surface area contributed by atoms with Gasteiger partial charge in [-0.25, -0.2) is 4.39 Å². The van der Waals surface area contributed by atoms with Gasteiger partial charge >= 0.3 is 0 Å². The van der Waals surface area contributed by atoms with Crippen LogP contribution >= 0.6 is 0 Å². The Morgan fingerprint density at radius 1 is 1.12 bits per heavy atom. The van der Waals surface area contributed by atoms with Crippen LogP contribution in [0, 0.1) is 17.1 Å². The summed E-state index contributed by atoms with van der Waals surface area (Å²) in [5, 5.41) is 18.2. The molecule has 2 aliphatic heterocycles. The second-order valence-electron chi connectivity index (χ2n) is 6.97. The zero-order valence-corrected chi connectivity index (χ0v) is 14.3. The summed E-state index contributed by atoms with van der Waals surface area (Å²) in [6, 6.07) is 6.89. The van der Waals surface area contributed by atoms with Gasteiger partial charge in [0.25, 0.3) is 0 Å². The number of hydrogen-bond donors (Lipinski definition) is 0. The summed E-state index contributed by atoms with van der Waals surface area (Å²) in [5.41, 5.74) is 0.839. The predicted octanol–water partition coefficient (Wildman–Crippen LogP) is 3.40. The van der Waals surface area contributed by atoms with Crippen LogP contribution in [0.3, 0.4) is 0 Å². The number of nitriles is 1. The number of nitrogens with zero attached hydrogens (tertiary/aromatic N) is 5. The first kappa shape index (κ1) is 16.1. The summed E-state index contributed by atoms with van der Waals surface area (Å²) in [5.74, 6) is 2.01. The largest absolute Gasteiger partial charge is 0.370 e. The molecule has 0 saturated carbocycles. The van der Waals surface area contributed by atoms with Gasteiger partial charge < -0.3 is 9.47 Å². The highest BCUT2D eigenvalue weighted by Gasteiger charge is 2.28. The standard InChI is InChI=1S/C19H22FN5/c20-16-7-4-8-17(15(16)12-21)24-10-5-6-14(13-24)19-23-22-18-9-2-1-3-11-25(18)19/h4,7-8,14H,1-3,5-6,9-11,13H2. The van der Waals surface area contributed by atoms with E-state index < -0.39 is 5.82 Å². The van der Waals surface area contributed by atoms with Crippen LogP contribution in [-0.4, -0.2) is 27.9 Å². The summed E-state index contributed by atoms with van der Waals surface area (Å²) < 4.78 is 16.3. The molecule has 6 heteroatoms. The first-order valence-corrected chi connectivity index (χ1v) is 9.13. The Bertz CT molecular complexity index is 807. The maximum Gasteiger partial charge on any atom is 0.143 e. The molecule has 0 bridgehead atoms. The fourth-order valence-corrected chi connectivity index (χ4v) is 4.10. The molecular formula is C19H22FN5. The highest BCUT2D eigenvalue weighted by atomic mass is 19.1. The molecule has 2 aromatic rings. The quantitative estimate of drug-likeness (QED) is 0.841. The summed E-state index contributed by atoms with van der Waals surface area (Å²) in [6.07, 6.45) is 6.68. The van der Waals surface area contributed by atoms with Crippen LogP contribution in [0.15, 0.2) is 18.2 Å². The van der Waals surface area contributed by atoms with Crippen molar-refractivity contribution in [1.29, 1.82) is 5.26 Å². The topological polar surface area (TPSA) is 57.7 Å². The molecule has 1 fully saturated rings. The van der Waals surface area contributed by atoms with E-state index in [9.17, 15) is 9.65 Å². The van der Waals surface area contributed by atoms with Gasteiger partial charge in [0.1, 0.15) is 29.1 Å². The van der Waals surface area contributed by atoms with Gasteiger partial charge in [-0.15, -0.1) is 10.2 Å². The van der Waals surface area contributed by atoms with E-state index in [1.807, 2.05) is 12.1 Å². The van der Waals surface area contributed by atoms with E-state index in [4.69, 9.17) is 0 Å². The molecule has 4 rings (SSSR count). The van der Waals surface area contributed by atoms with E-state index in [0.29, 0.717) is 5.69 Å². The van der Waals surface area contributed by atoms with Crippen LogP contribution in [0.2, 0.25) is 0 Å². The normalized spacial score (nSPS) is 20.6. The monoisotopic (exact) mass is 339 g/mol. The van der Waals surface area contributed by atoms with Gasteiger partial charge in [0, 0.05) is 32.0 Å². The number of fused-ring (bicyclic) bond motifs is 1. The SMILES string of the molecule is N#Cc1c(F)cccc1N1CCCC(c2nnc3n2CCCCC3)C1. The minimum Gasteiger partial charge on any atom is -0.370 e. The Hall–Kier alpha value is -2.42. The number of rotatable bonds is 2. The van der Waals surface area contributed by atoms with E-state index >= 15 is 0 Å². The van der Waals surface area contributed by atoms with Gasteiger partial charge in [-0.3, -0.25) is 0 Å². The summed E-state index contributed by atoms with van der Waals surface area (Å²) in [4.78, 5) is 2.13. The van der Waals surface area contributed by atoms with E-state index in [1.165, 1.54) is 25.3 Å². The van der Waals surface area contributed by atoms with E-state index in [-0.39, 0.29) is 11.5 Å². The zero-order valence-electron chi connectivity index (χ0n) is 14.3. The number of hydrogen-bond acceptors (Lipinski definition) is 4. The molecule has 1 aromatic carbocycles. The van der Waals surface area contributed by atoms with Crippen LogP contribution in [0.5, 0.6) is 0 Å². The molecule has 1 unspecified atom stereocenters. The van der Waals surface area contributed by atoms with Crippen molar-refractivity contribution in [2.24, 2.45) is 0 Å². The van der Waals surface area contributed by atoms with Crippen molar-refractivity contribution in [2.45, 2.75) is 51.0 Å². The third kappa shape index (κ3) is 2.99. The second-order valence-corrected chi connectivity index (χ2v) is 6.97. The summed E-state index contributed by atoms with van der Waals surface area (Å²) in [6.45, 7) is 2.60. The number of benzene rings is 1. The minimum atomic E-state index is -0.446. The van der Waals surface area contributed by atoms with Crippen LogP contribution in [0.1, 0.15) is 55.2 Å². The highest BCUT2D eigenvalue weighted by molar-refractivity contribution is 5.60. The average molecular weight is 339 g/mol. The fraction of sp³-hybridized carbons (Fsp3) is 0.526. The number of halogens is 1. The molecule has 5 nitrogen and oxygen atoms in total.